The zero-order chi connectivity index (χ0) is 33.2. The molecule has 0 fully saturated rings. The lowest BCUT2D eigenvalue weighted by atomic mass is 10.1. The number of benzene rings is 3. The maximum Gasteiger partial charge on any atom is 0.294 e. The van der Waals surface area contributed by atoms with Gasteiger partial charge in [0.25, 0.3) is 15.8 Å². The van der Waals surface area contributed by atoms with E-state index in [-0.39, 0.29) is 15.8 Å². The second-order valence-electron chi connectivity index (χ2n) is 9.56. The Balaban J connectivity index is 0.000000210. The van der Waals surface area contributed by atoms with Crippen LogP contribution in [0.15, 0.2) is 123 Å². The van der Waals surface area contributed by atoms with E-state index in [9.17, 15) is 21.4 Å². The van der Waals surface area contributed by atoms with E-state index in [0.717, 1.165) is 33.6 Å². The van der Waals surface area contributed by atoms with Crippen LogP contribution in [0.4, 0.5) is 0 Å². The molecule has 0 spiro atoms. The van der Waals surface area contributed by atoms with Gasteiger partial charge in [0.2, 0.25) is 5.96 Å². The van der Waals surface area contributed by atoms with Crippen LogP contribution in [-0.2, 0) is 27.3 Å². The average Bonchev–Trinajstić information content (AvgIpc) is 3.34. The number of rotatable bonds is 5. The van der Waals surface area contributed by atoms with Crippen molar-refractivity contribution in [2.24, 2.45) is 23.0 Å². The van der Waals surface area contributed by atoms with E-state index in [4.69, 9.17) is 15.5 Å². The van der Waals surface area contributed by atoms with Crippen molar-refractivity contribution in [3.8, 4) is 11.3 Å². The minimum atomic E-state index is -4.27. The van der Waals surface area contributed by atoms with Crippen molar-refractivity contribution < 1.29 is 35.5 Å². The van der Waals surface area contributed by atoms with Gasteiger partial charge in [0.05, 0.1) is 29.3 Å². The topological polar surface area (TPSA) is 204 Å². The number of nitrogens with zero attached hydrogens (tertiary/aromatic N) is 4. The van der Waals surface area contributed by atoms with E-state index in [2.05, 4.69) is 31.4 Å². The Morgan fingerprint density at radius 1 is 0.889 bits per heavy atom. The summed E-state index contributed by atoms with van der Waals surface area (Å²) in [5, 5.41) is 15.8. The minimum absolute atomic E-state index is 0.0666. The number of aryl methyl sites for hydroxylation is 3. The van der Waals surface area contributed by atoms with Gasteiger partial charge in [-0.1, -0.05) is 53.6 Å². The number of hydrogen-bond donors (Lipinski definition) is 4. The first-order chi connectivity index (χ1) is 21.2. The van der Waals surface area contributed by atoms with Crippen LogP contribution in [0.5, 0.6) is 0 Å². The van der Waals surface area contributed by atoms with Crippen molar-refractivity contribution in [2.75, 3.05) is 0 Å². The summed E-state index contributed by atoms with van der Waals surface area (Å²) in [6.07, 6.45) is 5.68. The van der Waals surface area contributed by atoms with Gasteiger partial charge in [-0.3, -0.25) is 9.76 Å². The van der Waals surface area contributed by atoms with Crippen molar-refractivity contribution >= 4 is 38.1 Å². The molecule has 0 saturated carbocycles. The number of imidazole rings is 1. The third-order valence-corrected chi connectivity index (χ3v) is 7.87. The summed E-state index contributed by atoms with van der Waals surface area (Å²) in [7, 11) is -6.25. The number of guanidine groups is 1. The lowest BCUT2D eigenvalue weighted by molar-refractivity contribution is -0.510. The number of nitrogens with one attached hydrogen (secondary N) is 1. The fraction of sp³-hybridized carbons (Fsp3) is 0.100. The Labute approximate surface area is 261 Å². The first-order valence-corrected chi connectivity index (χ1v) is 15.9. The van der Waals surface area contributed by atoms with Gasteiger partial charge in [-0.2, -0.15) is 13.5 Å². The fourth-order valence-corrected chi connectivity index (χ4v) is 4.74. The largest absolute Gasteiger partial charge is 0.744 e. The molecule has 0 aliphatic heterocycles. The van der Waals surface area contributed by atoms with Crippen LogP contribution >= 0.6 is 0 Å². The highest BCUT2D eigenvalue weighted by Gasteiger charge is 2.14. The standard InChI is InChI=1S/C16H17N6O.2C7H8O3S/c1-21-14(11-22-9-3-2-4-15(21)22)13-7-5-12(6-8-13)10-18-19-16(17)20-23;2*1-6-2-4-7(5-3-6)11(8,9)10/h2-11,23H,1H3,(H3,17,19,20);2*2-5H,1H3,(H,8,9,10)/q+1;;/p-1/b18-10+;;. The van der Waals surface area contributed by atoms with Crippen LogP contribution < -0.4 is 15.6 Å². The molecular weight excluding hydrogens is 620 g/mol. The fourth-order valence-electron chi connectivity index (χ4n) is 3.79. The number of hydroxylamine groups is 1. The number of fused-ring (bicyclic) bond motifs is 1. The highest BCUT2D eigenvalue weighted by molar-refractivity contribution is 7.86. The molecule has 3 aromatic carbocycles. The van der Waals surface area contributed by atoms with Gasteiger partial charge in [0.15, 0.2) is 5.69 Å². The molecule has 5 N–H and O–H groups in total. The van der Waals surface area contributed by atoms with Gasteiger partial charge in [-0.15, -0.1) is 5.10 Å². The SMILES string of the molecule is Cc1ccc(S(=O)(=O)O)cc1.Cc1ccc(S(=O)(=O)[O-])cc1.Cn1c(-c2ccc(/C=N/N=C(/N)NO)cc2)c[n+]2ccccc12. The summed E-state index contributed by atoms with van der Waals surface area (Å²) in [6, 6.07) is 25.8. The monoisotopic (exact) mass is 652 g/mol. The average molecular weight is 653 g/mol. The smallest absolute Gasteiger partial charge is 0.294 e. The van der Waals surface area contributed by atoms with Crippen LogP contribution in [0, 0.1) is 13.8 Å². The Morgan fingerprint density at radius 3 is 1.93 bits per heavy atom. The van der Waals surface area contributed by atoms with Crippen LogP contribution in [0.1, 0.15) is 16.7 Å². The summed E-state index contributed by atoms with van der Waals surface area (Å²) in [5.74, 6) is -0.162. The van der Waals surface area contributed by atoms with Crippen molar-refractivity contribution in [1.82, 2.24) is 10.0 Å². The molecule has 0 saturated heterocycles. The molecule has 13 nitrogen and oxygen atoms in total. The maximum absolute atomic E-state index is 10.5. The van der Waals surface area contributed by atoms with Crippen LogP contribution in [-0.4, -0.2) is 47.9 Å². The molecule has 0 unspecified atom stereocenters. The molecule has 5 aromatic rings. The van der Waals surface area contributed by atoms with Gasteiger partial charge < -0.3 is 10.3 Å². The van der Waals surface area contributed by atoms with Crippen LogP contribution in [0.2, 0.25) is 0 Å². The van der Waals surface area contributed by atoms with Crippen molar-refractivity contribution in [3.63, 3.8) is 0 Å². The van der Waals surface area contributed by atoms with E-state index in [1.54, 1.807) is 36.0 Å². The van der Waals surface area contributed by atoms with E-state index in [0.29, 0.717) is 0 Å². The van der Waals surface area contributed by atoms with Crippen LogP contribution in [0.3, 0.4) is 0 Å². The van der Waals surface area contributed by atoms with Gasteiger partial charge in [-0.25, -0.2) is 22.9 Å². The first kappa shape index (κ1) is 34.6. The normalized spacial score (nSPS) is 11.8. The predicted molar refractivity (Wildman–Crippen MR) is 168 cm³/mol. The molecule has 0 aliphatic carbocycles. The quantitative estimate of drug-likeness (QED) is 0.0723. The van der Waals surface area contributed by atoms with E-state index in [1.165, 1.54) is 24.3 Å². The number of nitrogens with two attached hydrogens (primary N) is 1. The Kier molecular flexibility index (Phi) is 11.7. The second kappa shape index (κ2) is 15.2. The minimum Gasteiger partial charge on any atom is -0.744 e. The summed E-state index contributed by atoms with van der Waals surface area (Å²) in [6.45, 7) is 3.66. The van der Waals surface area contributed by atoms with E-state index in [1.807, 2.05) is 63.5 Å². The molecule has 236 valence electrons. The van der Waals surface area contributed by atoms with E-state index < -0.39 is 20.2 Å². The van der Waals surface area contributed by atoms with Crippen molar-refractivity contribution in [3.05, 3.63) is 120 Å². The Bertz CT molecular complexity index is 1930. The summed E-state index contributed by atoms with van der Waals surface area (Å²) >= 11 is 0. The summed E-state index contributed by atoms with van der Waals surface area (Å²) < 4.78 is 64.9. The maximum atomic E-state index is 10.5. The zero-order valence-electron chi connectivity index (χ0n) is 24.5. The molecule has 0 atom stereocenters. The molecule has 45 heavy (non-hydrogen) atoms. The third-order valence-electron chi connectivity index (χ3n) is 6.16. The number of pyridine rings is 1. The Morgan fingerprint density at radius 2 is 1.44 bits per heavy atom. The molecule has 5 rings (SSSR count). The number of hydrogen-bond acceptors (Lipinski definition) is 8. The molecule has 15 heteroatoms. The lowest BCUT2D eigenvalue weighted by Gasteiger charge is -2.05. The van der Waals surface area contributed by atoms with Gasteiger partial charge >= 0.3 is 0 Å². The van der Waals surface area contributed by atoms with Gasteiger partial charge in [0, 0.05) is 11.6 Å². The third kappa shape index (κ3) is 10.3. The highest BCUT2D eigenvalue weighted by Crippen LogP contribution is 2.20. The van der Waals surface area contributed by atoms with Crippen molar-refractivity contribution in [1.29, 1.82) is 0 Å². The molecule has 2 heterocycles. The van der Waals surface area contributed by atoms with Gasteiger partial charge in [0.1, 0.15) is 16.3 Å². The highest BCUT2D eigenvalue weighted by atomic mass is 32.2. The number of aromatic nitrogens is 2. The summed E-state index contributed by atoms with van der Waals surface area (Å²) in [4.78, 5) is -0.244. The van der Waals surface area contributed by atoms with E-state index >= 15 is 0 Å². The summed E-state index contributed by atoms with van der Waals surface area (Å²) in [5.41, 5.74) is 13.1. The Hall–Kier alpha value is -4.93. The van der Waals surface area contributed by atoms with Crippen molar-refractivity contribution in [2.45, 2.75) is 23.6 Å². The molecule has 0 amide bonds. The molecule has 0 bridgehead atoms. The molecule has 0 radical (unpaired) electrons. The lowest BCUT2D eigenvalue weighted by Crippen LogP contribution is -2.27. The molecule has 0 aliphatic rings. The van der Waals surface area contributed by atoms with Gasteiger partial charge in [-0.05, 0) is 61.9 Å². The predicted octanol–water partition coefficient (Wildman–Crippen LogP) is 3.20. The zero-order valence-corrected chi connectivity index (χ0v) is 26.1. The molecule has 2 aromatic heterocycles. The first-order valence-electron chi connectivity index (χ1n) is 13.1. The van der Waals surface area contributed by atoms with Crippen LogP contribution in [0.25, 0.3) is 16.9 Å². The second-order valence-corrected chi connectivity index (χ2v) is 12.4. The molecular formula is C30H32N6O7S2.